The second-order valence-corrected chi connectivity index (χ2v) is 2.36. The van der Waals surface area contributed by atoms with Crippen LogP contribution in [0.5, 0.6) is 0 Å². The third kappa shape index (κ3) is 4.77. The molecule has 0 aromatic heterocycles. The summed E-state index contributed by atoms with van der Waals surface area (Å²) in [5.41, 5.74) is 0. The van der Waals surface area contributed by atoms with Gasteiger partial charge in [-0.15, -0.1) is 0 Å². The van der Waals surface area contributed by atoms with Crippen LogP contribution in [0.25, 0.3) is 0 Å². The first-order chi connectivity index (χ1) is 5.74. The molecule has 0 aromatic rings. The average molecular weight is 172 g/mol. The highest BCUT2D eigenvalue weighted by Crippen LogP contribution is 2.02. The van der Waals surface area contributed by atoms with E-state index < -0.39 is 6.16 Å². The van der Waals surface area contributed by atoms with Gasteiger partial charge >= 0.3 is 6.16 Å². The molecule has 12 heavy (non-hydrogen) atoms. The third-order valence-corrected chi connectivity index (χ3v) is 1.40. The molecule has 0 N–H and O–H groups in total. The van der Waals surface area contributed by atoms with E-state index in [1.165, 1.54) is 7.11 Å². The van der Waals surface area contributed by atoms with Gasteiger partial charge in [-0.3, -0.25) is 0 Å². The van der Waals surface area contributed by atoms with Gasteiger partial charge in [-0.05, 0) is 18.9 Å². The summed E-state index contributed by atoms with van der Waals surface area (Å²) in [7, 11) is 1.30. The Hall–Kier alpha value is -0.990. The SMILES string of the molecule is CC/C=C/[C@H](CC)OC(=O)OC. The summed E-state index contributed by atoms with van der Waals surface area (Å²) in [5, 5.41) is 0. The van der Waals surface area contributed by atoms with Crippen LogP contribution in [-0.2, 0) is 9.47 Å². The van der Waals surface area contributed by atoms with E-state index >= 15 is 0 Å². The molecule has 0 heterocycles. The van der Waals surface area contributed by atoms with E-state index in [1.54, 1.807) is 0 Å². The Morgan fingerprint density at radius 1 is 1.50 bits per heavy atom. The molecule has 3 nitrogen and oxygen atoms in total. The lowest BCUT2D eigenvalue weighted by Crippen LogP contribution is -2.14. The van der Waals surface area contributed by atoms with Gasteiger partial charge in [0.2, 0.25) is 0 Å². The van der Waals surface area contributed by atoms with Crippen molar-refractivity contribution in [3.8, 4) is 0 Å². The minimum absolute atomic E-state index is 0.155. The van der Waals surface area contributed by atoms with Crippen molar-refractivity contribution in [1.82, 2.24) is 0 Å². The highest BCUT2D eigenvalue weighted by molar-refractivity contribution is 5.60. The van der Waals surface area contributed by atoms with Gasteiger partial charge in [0, 0.05) is 0 Å². The minimum Gasteiger partial charge on any atom is -0.438 e. The molecule has 0 unspecified atom stereocenters. The van der Waals surface area contributed by atoms with E-state index in [2.05, 4.69) is 4.74 Å². The van der Waals surface area contributed by atoms with Gasteiger partial charge in [-0.1, -0.05) is 19.9 Å². The van der Waals surface area contributed by atoms with Gasteiger partial charge in [0.05, 0.1) is 7.11 Å². The Labute approximate surface area is 73.4 Å². The van der Waals surface area contributed by atoms with Crippen molar-refractivity contribution >= 4 is 6.16 Å². The van der Waals surface area contributed by atoms with Crippen LogP contribution in [0.1, 0.15) is 26.7 Å². The molecule has 0 rings (SSSR count). The molecule has 0 amide bonds. The van der Waals surface area contributed by atoms with Gasteiger partial charge in [0.25, 0.3) is 0 Å². The zero-order chi connectivity index (χ0) is 9.40. The predicted octanol–water partition coefficient (Wildman–Crippen LogP) is 2.51. The van der Waals surface area contributed by atoms with Gasteiger partial charge < -0.3 is 9.47 Å². The number of hydrogen-bond acceptors (Lipinski definition) is 3. The molecule has 0 fully saturated rings. The van der Waals surface area contributed by atoms with Gasteiger partial charge in [0.1, 0.15) is 6.10 Å². The summed E-state index contributed by atoms with van der Waals surface area (Å²) in [6.07, 6.45) is 4.78. The molecule has 0 spiro atoms. The molecule has 70 valence electrons. The van der Waals surface area contributed by atoms with Crippen molar-refractivity contribution in [2.45, 2.75) is 32.8 Å². The Kier molecular flexibility index (Phi) is 6.15. The summed E-state index contributed by atoms with van der Waals surface area (Å²) in [4.78, 5) is 10.7. The van der Waals surface area contributed by atoms with E-state index in [0.29, 0.717) is 0 Å². The summed E-state index contributed by atoms with van der Waals surface area (Å²) in [6, 6.07) is 0. The molecular formula is C9H16O3. The Morgan fingerprint density at radius 2 is 2.17 bits per heavy atom. The van der Waals surface area contributed by atoms with Crippen LogP contribution < -0.4 is 0 Å². The summed E-state index contributed by atoms with van der Waals surface area (Å²) in [5.74, 6) is 0. The molecule has 0 aliphatic carbocycles. The lowest BCUT2D eigenvalue weighted by Gasteiger charge is -2.09. The number of carbonyl (C=O) groups is 1. The minimum atomic E-state index is -0.623. The first-order valence-corrected chi connectivity index (χ1v) is 4.15. The molecule has 0 saturated carbocycles. The van der Waals surface area contributed by atoms with Crippen molar-refractivity contribution < 1.29 is 14.3 Å². The number of methoxy groups -OCH3 is 1. The van der Waals surface area contributed by atoms with Crippen LogP contribution in [0, 0.1) is 0 Å². The molecule has 0 aromatic carbocycles. The van der Waals surface area contributed by atoms with Crippen LogP contribution >= 0.6 is 0 Å². The van der Waals surface area contributed by atoms with Crippen LogP contribution in [0.2, 0.25) is 0 Å². The fraction of sp³-hybridized carbons (Fsp3) is 0.667. The third-order valence-electron chi connectivity index (χ3n) is 1.40. The molecule has 3 heteroatoms. The van der Waals surface area contributed by atoms with Gasteiger partial charge in [0.15, 0.2) is 0 Å². The monoisotopic (exact) mass is 172 g/mol. The van der Waals surface area contributed by atoms with E-state index in [4.69, 9.17) is 4.74 Å². The van der Waals surface area contributed by atoms with E-state index in [9.17, 15) is 4.79 Å². The van der Waals surface area contributed by atoms with Crippen molar-refractivity contribution in [1.29, 1.82) is 0 Å². The van der Waals surface area contributed by atoms with Crippen molar-refractivity contribution in [2.24, 2.45) is 0 Å². The molecule has 0 saturated heterocycles. The topological polar surface area (TPSA) is 35.5 Å². The zero-order valence-electron chi connectivity index (χ0n) is 7.87. The summed E-state index contributed by atoms with van der Waals surface area (Å²) < 4.78 is 9.27. The van der Waals surface area contributed by atoms with Gasteiger partial charge in [-0.2, -0.15) is 0 Å². The number of allylic oxidation sites excluding steroid dienone is 1. The van der Waals surface area contributed by atoms with Crippen molar-refractivity contribution in [3.63, 3.8) is 0 Å². The van der Waals surface area contributed by atoms with E-state index in [1.807, 2.05) is 26.0 Å². The van der Waals surface area contributed by atoms with Crippen LogP contribution in [0.4, 0.5) is 4.79 Å². The summed E-state index contributed by atoms with van der Waals surface area (Å²) in [6.45, 7) is 3.98. The second-order valence-electron chi connectivity index (χ2n) is 2.36. The van der Waals surface area contributed by atoms with Crippen molar-refractivity contribution in [2.75, 3.05) is 7.11 Å². The molecule has 0 radical (unpaired) electrons. The number of ether oxygens (including phenoxy) is 2. The first-order valence-electron chi connectivity index (χ1n) is 4.15. The summed E-state index contributed by atoms with van der Waals surface area (Å²) >= 11 is 0. The van der Waals surface area contributed by atoms with Crippen LogP contribution in [0.15, 0.2) is 12.2 Å². The number of rotatable bonds is 4. The lowest BCUT2D eigenvalue weighted by atomic mass is 10.2. The maximum absolute atomic E-state index is 10.7. The molecule has 0 aliphatic rings. The normalized spacial score (nSPS) is 12.9. The second kappa shape index (κ2) is 6.70. The average Bonchev–Trinajstić information content (AvgIpc) is 2.11. The molecule has 0 bridgehead atoms. The largest absolute Gasteiger partial charge is 0.508 e. The Morgan fingerprint density at radius 3 is 2.58 bits per heavy atom. The smallest absolute Gasteiger partial charge is 0.438 e. The maximum atomic E-state index is 10.7. The lowest BCUT2D eigenvalue weighted by molar-refractivity contribution is 0.0514. The fourth-order valence-electron chi connectivity index (χ4n) is 0.718. The van der Waals surface area contributed by atoms with E-state index in [-0.39, 0.29) is 6.10 Å². The highest BCUT2D eigenvalue weighted by Gasteiger charge is 2.07. The predicted molar refractivity (Wildman–Crippen MR) is 47.0 cm³/mol. The highest BCUT2D eigenvalue weighted by atomic mass is 16.7. The quantitative estimate of drug-likeness (QED) is 0.483. The van der Waals surface area contributed by atoms with E-state index in [0.717, 1.165) is 12.8 Å². The molecule has 1 atom stereocenters. The first kappa shape index (κ1) is 11.0. The molecule has 0 aliphatic heterocycles. The molecular weight excluding hydrogens is 156 g/mol. The number of carbonyl (C=O) groups excluding carboxylic acids is 1. The van der Waals surface area contributed by atoms with Crippen LogP contribution in [0.3, 0.4) is 0 Å². The Bertz CT molecular complexity index is 152. The van der Waals surface area contributed by atoms with Gasteiger partial charge in [-0.25, -0.2) is 4.79 Å². The van der Waals surface area contributed by atoms with Crippen LogP contribution in [-0.4, -0.2) is 19.4 Å². The standard InChI is InChI=1S/C9H16O3/c1-4-6-7-8(5-2)12-9(10)11-3/h6-8H,4-5H2,1-3H3/b7-6+/t8-/m0/s1. The number of hydrogen-bond donors (Lipinski definition) is 0. The fourth-order valence-corrected chi connectivity index (χ4v) is 0.718. The van der Waals surface area contributed by atoms with Crippen molar-refractivity contribution in [3.05, 3.63) is 12.2 Å². The maximum Gasteiger partial charge on any atom is 0.508 e. The zero-order valence-corrected chi connectivity index (χ0v) is 7.87. The Balaban J connectivity index is 3.82.